The quantitative estimate of drug-likeness (QED) is 0.718. The van der Waals surface area contributed by atoms with Crippen LogP contribution in [0.15, 0.2) is 42.5 Å². The van der Waals surface area contributed by atoms with E-state index in [-0.39, 0.29) is 11.4 Å². The van der Waals surface area contributed by atoms with E-state index in [1.165, 1.54) is 7.11 Å². The van der Waals surface area contributed by atoms with Gasteiger partial charge in [-0.2, -0.15) is 5.10 Å². The normalized spacial score (nSPS) is 11.3. The highest BCUT2D eigenvalue weighted by Gasteiger charge is 2.11. The highest BCUT2D eigenvalue weighted by molar-refractivity contribution is 6.31. The topological polar surface area (TPSA) is 64.3 Å². The van der Waals surface area contributed by atoms with E-state index in [4.69, 9.17) is 11.6 Å². The molecule has 0 aliphatic heterocycles. The highest BCUT2D eigenvalue weighted by Crippen LogP contribution is 2.29. The van der Waals surface area contributed by atoms with Crippen LogP contribution in [0.25, 0.3) is 16.8 Å². The maximum absolute atomic E-state index is 11.5. The van der Waals surface area contributed by atoms with Crippen molar-refractivity contribution in [2.45, 2.75) is 6.42 Å². The van der Waals surface area contributed by atoms with Gasteiger partial charge in [-0.3, -0.25) is 4.68 Å². The van der Waals surface area contributed by atoms with Crippen LogP contribution >= 0.6 is 11.6 Å². The van der Waals surface area contributed by atoms with Crippen LogP contribution in [0, 0.1) is 0 Å². The number of aromatic hydroxyl groups is 1. The third-order valence-electron chi connectivity index (χ3n) is 3.91. The standard InChI is InChI=1S/C19H17ClN2O3/c1-22-15(11-17(21-22)19(24)25-2)5-3-4-12-8-13-10-14(20)6-7-16(13)18(23)9-12/h3,5-11,23H,4H2,1-2H3/b5-3+. The molecule has 128 valence electrons. The molecule has 0 saturated heterocycles. The van der Waals surface area contributed by atoms with Crippen LogP contribution in [0.5, 0.6) is 5.75 Å². The Hall–Kier alpha value is -2.79. The van der Waals surface area contributed by atoms with Crippen LogP contribution in [-0.2, 0) is 18.2 Å². The largest absolute Gasteiger partial charge is 0.507 e. The number of hydrogen-bond donors (Lipinski definition) is 1. The number of fused-ring (bicyclic) bond motifs is 1. The number of allylic oxidation sites excluding steroid dienone is 1. The number of ether oxygens (including phenoxy) is 1. The smallest absolute Gasteiger partial charge is 0.358 e. The number of phenols is 1. The molecule has 0 radical (unpaired) electrons. The summed E-state index contributed by atoms with van der Waals surface area (Å²) < 4.78 is 6.28. The summed E-state index contributed by atoms with van der Waals surface area (Å²) in [4.78, 5) is 11.5. The van der Waals surface area contributed by atoms with E-state index in [2.05, 4.69) is 9.84 Å². The first-order chi connectivity index (χ1) is 12.0. The van der Waals surface area contributed by atoms with Gasteiger partial charge in [-0.05, 0) is 53.8 Å². The van der Waals surface area contributed by atoms with Crippen molar-refractivity contribution in [2.75, 3.05) is 7.11 Å². The zero-order valence-electron chi connectivity index (χ0n) is 13.9. The summed E-state index contributed by atoms with van der Waals surface area (Å²) >= 11 is 6.02. The summed E-state index contributed by atoms with van der Waals surface area (Å²) in [6.45, 7) is 0. The van der Waals surface area contributed by atoms with Gasteiger partial charge in [0.05, 0.1) is 12.8 Å². The van der Waals surface area contributed by atoms with Crippen molar-refractivity contribution in [2.24, 2.45) is 7.05 Å². The minimum Gasteiger partial charge on any atom is -0.507 e. The van der Waals surface area contributed by atoms with Crippen LogP contribution in [0.2, 0.25) is 5.02 Å². The number of benzene rings is 2. The molecule has 0 fully saturated rings. The van der Waals surface area contributed by atoms with Gasteiger partial charge in [-0.1, -0.05) is 23.7 Å². The first-order valence-electron chi connectivity index (χ1n) is 7.68. The summed E-state index contributed by atoms with van der Waals surface area (Å²) in [6, 6.07) is 10.8. The average Bonchev–Trinajstić information content (AvgIpc) is 2.95. The van der Waals surface area contributed by atoms with Crippen molar-refractivity contribution in [3.05, 3.63) is 64.4 Å². The second kappa shape index (κ2) is 6.99. The Bertz CT molecular complexity index is 976. The number of carbonyl (C=O) groups excluding carboxylic acids is 1. The van der Waals surface area contributed by atoms with Crippen LogP contribution in [0.1, 0.15) is 21.7 Å². The molecule has 1 heterocycles. The summed E-state index contributed by atoms with van der Waals surface area (Å²) in [6.07, 6.45) is 4.44. The lowest BCUT2D eigenvalue weighted by atomic mass is 10.0. The predicted molar refractivity (Wildman–Crippen MR) is 97.9 cm³/mol. The predicted octanol–water partition coefficient (Wildman–Crippen LogP) is 3.97. The van der Waals surface area contributed by atoms with E-state index >= 15 is 0 Å². The fourth-order valence-corrected chi connectivity index (χ4v) is 2.84. The van der Waals surface area contributed by atoms with Gasteiger partial charge in [0.1, 0.15) is 5.75 Å². The van der Waals surface area contributed by atoms with Crippen molar-refractivity contribution < 1.29 is 14.6 Å². The molecule has 0 saturated carbocycles. The van der Waals surface area contributed by atoms with Gasteiger partial charge in [0.2, 0.25) is 0 Å². The molecule has 0 spiro atoms. The Balaban J connectivity index is 1.81. The van der Waals surface area contributed by atoms with Crippen LogP contribution < -0.4 is 0 Å². The Labute approximate surface area is 150 Å². The minimum atomic E-state index is -0.466. The van der Waals surface area contributed by atoms with Crippen molar-refractivity contribution >= 4 is 34.4 Å². The summed E-state index contributed by atoms with van der Waals surface area (Å²) in [5, 5.41) is 16.6. The lowest BCUT2D eigenvalue weighted by Gasteiger charge is -2.05. The van der Waals surface area contributed by atoms with E-state index in [1.54, 1.807) is 36.0 Å². The number of carbonyl (C=O) groups is 1. The van der Waals surface area contributed by atoms with Crippen molar-refractivity contribution in [1.29, 1.82) is 0 Å². The summed E-state index contributed by atoms with van der Waals surface area (Å²) in [5.41, 5.74) is 2.01. The number of halogens is 1. The number of rotatable bonds is 4. The molecular weight excluding hydrogens is 340 g/mol. The van der Waals surface area contributed by atoms with Crippen LogP contribution in [0.3, 0.4) is 0 Å². The molecule has 0 unspecified atom stereocenters. The number of phenolic OH excluding ortho intramolecular Hbond substituents is 1. The SMILES string of the molecule is COC(=O)c1cc(/C=C/Cc2cc(O)c3ccc(Cl)cc3c2)n(C)n1. The first kappa shape index (κ1) is 17.0. The second-order valence-electron chi connectivity index (χ2n) is 5.66. The van der Waals surface area contributed by atoms with Gasteiger partial charge in [0.15, 0.2) is 5.69 Å². The highest BCUT2D eigenvalue weighted by atomic mass is 35.5. The molecule has 1 N–H and O–H groups in total. The molecule has 1 aromatic heterocycles. The monoisotopic (exact) mass is 356 g/mol. The van der Waals surface area contributed by atoms with Gasteiger partial charge in [-0.25, -0.2) is 4.79 Å². The molecule has 3 aromatic rings. The second-order valence-corrected chi connectivity index (χ2v) is 6.09. The number of hydrogen-bond acceptors (Lipinski definition) is 4. The molecule has 0 atom stereocenters. The van der Waals surface area contributed by atoms with Gasteiger partial charge < -0.3 is 9.84 Å². The van der Waals surface area contributed by atoms with Crippen molar-refractivity contribution in [3.8, 4) is 5.75 Å². The van der Waals surface area contributed by atoms with E-state index in [9.17, 15) is 9.90 Å². The van der Waals surface area contributed by atoms with Crippen molar-refractivity contribution in [3.63, 3.8) is 0 Å². The molecular formula is C19H17ClN2O3. The van der Waals surface area contributed by atoms with E-state index in [1.807, 2.05) is 24.3 Å². The lowest BCUT2D eigenvalue weighted by Crippen LogP contribution is -2.02. The number of aryl methyl sites for hydroxylation is 1. The zero-order valence-corrected chi connectivity index (χ0v) is 14.6. The minimum absolute atomic E-state index is 0.228. The van der Waals surface area contributed by atoms with E-state index in [0.29, 0.717) is 11.4 Å². The van der Waals surface area contributed by atoms with Gasteiger partial charge in [0, 0.05) is 17.5 Å². The number of nitrogens with zero attached hydrogens (tertiary/aromatic N) is 2. The maximum Gasteiger partial charge on any atom is 0.358 e. The molecule has 5 nitrogen and oxygen atoms in total. The summed E-state index contributed by atoms with van der Waals surface area (Å²) in [5.74, 6) is -0.238. The fourth-order valence-electron chi connectivity index (χ4n) is 2.66. The first-order valence-corrected chi connectivity index (χ1v) is 8.06. The molecule has 0 amide bonds. The lowest BCUT2D eigenvalue weighted by molar-refractivity contribution is 0.0593. The molecule has 6 heteroatoms. The summed E-state index contributed by atoms with van der Waals surface area (Å²) in [7, 11) is 3.08. The van der Waals surface area contributed by atoms with Gasteiger partial charge >= 0.3 is 5.97 Å². The molecule has 0 aliphatic rings. The Morgan fingerprint density at radius 2 is 2.12 bits per heavy atom. The Morgan fingerprint density at radius 1 is 1.32 bits per heavy atom. The van der Waals surface area contributed by atoms with Crippen molar-refractivity contribution in [1.82, 2.24) is 9.78 Å². The number of aromatic nitrogens is 2. The maximum atomic E-state index is 11.5. The van der Waals surface area contributed by atoms with Gasteiger partial charge in [0.25, 0.3) is 0 Å². The van der Waals surface area contributed by atoms with Gasteiger partial charge in [-0.15, -0.1) is 0 Å². The molecule has 3 rings (SSSR count). The third kappa shape index (κ3) is 3.67. The average molecular weight is 357 g/mol. The number of esters is 1. The Kier molecular flexibility index (Phi) is 4.76. The molecule has 25 heavy (non-hydrogen) atoms. The molecule has 2 aromatic carbocycles. The van der Waals surface area contributed by atoms with Crippen LogP contribution in [0.4, 0.5) is 0 Å². The molecule has 0 aliphatic carbocycles. The third-order valence-corrected chi connectivity index (χ3v) is 4.14. The zero-order chi connectivity index (χ0) is 18.0. The number of methoxy groups -OCH3 is 1. The fraction of sp³-hybridized carbons (Fsp3) is 0.158. The van der Waals surface area contributed by atoms with E-state index < -0.39 is 5.97 Å². The molecule has 0 bridgehead atoms. The van der Waals surface area contributed by atoms with Crippen LogP contribution in [-0.4, -0.2) is 28.0 Å². The Morgan fingerprint density at radius 3 is 2.88 bits per heavy atom. The van der Waals surface area contributed by atoms with E-state index in [0.717, 1.165) is 22.0 Å².